The van der Waals surface area contributed by atoms with E-state index >= 15 is 0 Å². The average Bonchev–Trinajstić information content (AvgIpc) is 2.32. The molecule has 4 atom stereocenters. The van der Waals surface area contributed by atoms with Crippen LogP contribution in [0.5, 0.6) is 0 Å². The predicted molar refractivity (Wildman–Crippen MR) is 74.5 cm³/mol. The highest BCUT2D eigenvalue weighted by atomic mass is 16.2. The lowest BCUT2D eigenvalue weighted by Gasteiger charge is -2.38. The van der Waals surface area contributed by atoms with Gasteiger partial charge in [0.15, 0.2) is 0 Å². The fourth-order valence-electron chi connectivity index (χ4n) is 3.48. The van der Waals surface area contributed by atoms with Crippen molar-refractivity contribution in [1.82, 2.24) is 10.2 Å². The Labute approximate surface area is 111 Å². The van der Waals surface area contributed by atoms with Gasteiger partial charge in [0.25, 0.3) is 0 Å². The van der Waals surface area contributed by atoms with E-state index in [1.165, 1.54) is 19.3 Å². The molecule has 0 aromatic heterocycles. The molecule has 18 heavy (non-hydrogen) atoms. The van der Waals surface area contributed by atoms with E-state index in [9.17, 15) is 4.79 Å². The summed E-state index contributed by atoms with van der Waals surface area (Å²) in [7, 11) is 0. The third-order valence-corrected chi connectivity index (χ3v) is 4.82. The molecule has 1 heterocycles. The molecule has 1 aliphatic carbocycles. The Morgan fingerprint density at radius 2 is 1.83 bits per heavy atom. The van der Waals surface area contributed by atoms with Crippen LogP contribution in [0.25, 0.3) is 0 Å². The molecule has 0 unspecified atom stereocenters. The molecule has 0 radical (unpaired) electrons. The molecule has 1 aliphatic heterocycles. The number of carbonyl (C=O) groups is 1. The molecule has 1 N–H and O–H groups in total. The van der Waals surface area contributed by atoms with Crippen LogP contribution in [0.15, 0.2) is 0 Å². The lowest BCUT2D eigenvalue weighted by atomic mass is 9.86. The number of rotatable bonds is 1. The molecule has 0 spiro atoms. The third-order valence-electron chi connectivity index (χ3n) is 4.82. The van der Waals surface area contributed by atoms with Gasteiger partial charge in [-0.2, -0.15) is 0 Å². The highest BCUT2D eigenvalue weighted by Crippen LogP contribution is 2.25. The first kappa shape index (κ1) is 13.7. The molecule has 0 aromatic carbocycles. The van der Waals surface area contributed by atoms with Gasteiger partial charge in [-0.1, -0.05) is 26.7 Å². The second-order valence-electron chi connectivity index (χ2n) is 6.49. The second-order valence-corrected chi connectivity index (χ2v) is 6.49. The maximum Gasteiger partial charge on any atom is 0.317 e. The molecular formula is C15H28N2O. The first-order valence-corrected chi connectivity index (χ1v) is 7.65. The van der Waals surface area contributed by atoms with Gasteiger partial charge in [-0.3, -0.25) is 0 Å². The zero-order valence-corrected chi connectivity index (χ0v) is 12.1. The third kappa shape index (κ3) is 3.18. The Hall–Kier alpha value is -0.730. The zero-order chi connectivity index (χ0) is 13.1. The smallest absolute Gasteiger partial charge is 0.317 e. The molecule has 2 rings (SSSR count). The lowest BCUT2D eigenvalue weighted by Crippen LogP contribution is -2.53. The molecule has 2 fully saturated rings. The van der Waals surface area contributed by atoms with E-state index in [0.29, 0.717) is 18.0 Å². The van der Waals surface area contributed by atoms with Crippen LogP contribution in [0, 0.1) is 11.8 Å². The molecule has 1 saturated carbocycles. The Bertz CT molecular complexity index is 292. The number of nitrogens with one attached hydrogen (secondary N) is 1. The van der Waals surface area contributed by atoms with Crippen LogP contribution in [0.4, 0.5) is 4.79 Å². The van der Waals surface area contributed by atoms with Crippen molar-refractivity contribution in [2.24, 2.45) is 11.8 Å². The fourth-order valence-corrected chi connectivity index (χ4v) is 3.48. The number of piperidine rings is 1. The summed E-state index contributed by atoms with van der Waals surface area (Å²) in [5.74, 6) is 1.40. The molecule has 0 aromatic rings. The van der Waals surface area contributed by atoms with Gasteiger partial charge in [0, 0.05) is 18.6 Å². The topological polar surface area (TPSA) is 32.3 Å². The van der Waals surface area contributed by atoms with Gasteiger partial charge in [0.2, 0.25) is 0 Å². The van der Waals surface area contributed by atoms with Gasteiger partial charge in [-0.25, -0.2) is 4.79 Å². The Kier molecular flexibility index (Phi) is 4.52. The van der Waals surface area contributed by atoms with Gasteiger partial charge in [-0.15, -0.1) is 0 Å². The molecule has 3 heteroatoms. The second kappa shape index (κ2) is 5.94. The predicted octanol–water partition coefficient (Wildman–Crippen LogP) is 3.40. The summed E-state index contributed by atoms with van der Waals surface area (Å²) in [5.41, 5.74) is 0. The van der Waals surface area contributed by atoms with Crippen molar-refractivity contribution in [3.05, 3.63) is 0 Å². The minimum absolute atomic E-state index is 0.174. The average molecular weight is 252 g/mol. The van der Waals surface area contributed by atoms with Crippen LogP contribution >= 0.6 is 0 Å². The largest absolute Gasteiger partial charge is 0.335 e. The molecule has 2 aliphatic rings. The highest BCUT2D eigenvalue weighted by molar-refractivity contribution is 5.75. The van der Waals surface area contributed by atoms with E-state index in [-0.39, 0.29) is 6.03 Å². The number of hydrogen-bond acceptors (Lipinski definition) is 1. The number of nitrogens with zero attached hydrogens (tertiary/aromatic N) is 1. The van der Waals surface area contributed by atoms with E-state index in [4.69, 9.17) is 0 Å². The molecule has 1 saturated heterocycles. The summed E-state index contributed by atoms with van der Waals surface area (Å²) < 4.78 is 0. The SMILES string of the molecule is C[C@@H]1CCN(C(=O)N[C@@H]2CCCC[C@@H]2C)[C@@H](C)C1. The Balaban J connectivity index is 1.87. The number of amides is 2. The van der Waals surface area contributed by atoms with Crippen molar-refractivity contribution >= 4 is 6.03 Å². The molecule has 2 amide bonds. The summed E-state index contributed by atoms with van der Waals surface area (Å²) in [4.78, 5) is 14.4. The lowest BCUT2D eigenvalue weighted by molar-refractivity contribution is 0.131. The van der Waals surface area contributed by atoms with E-state index < -0.39 is 0 Å². The first-order valence-electron chi connectivity index (χ1n) is 7.65. The van der Waals surface area contributed by atoms with E-state index in [0.717, 1.165) is 31.7 Å². The van der Waals surface area contributed by atoms with Crippen LogP contribution in [-0.4, -0.2) is 29.6 Å². The number of hydrogen-bond donors (Lipinski definition) is 1. The molecule has 3 nitrogen and oxygen atoms in total. The highest BCUT2D eigenvalue weighted by Gasteiger charge is 2.29. The van der Waals surface area contributed by atoms with Crippen LogP contribution in [0.2, 0.25) is 0 Å². The van der Waals surface area contributed by atoms with Crippen molar-refractivity contribution in [3.63, 3.8) is 0 Å². The Morgan fingerprint density at radius 3 is 2.50 bits per heavy atom. The number of likely N-dealkylation sites (tertiary alicyclic amines) is 1. The van der Waals surface area contributed by atoms with Gasteiger partial charge >= 0.3 is 6.03 Å². The van der Waals surface area contributed by atoms with Gasteiger partial charge in [0.05, 0.1) is 0 Å². The van der Waals surface area contributed by atoms with Crippen LogP contribution in [0.1, 0.15) is 59.3 Å². The van der Waals surface area contributed by atoms with Crippen molar-refractivity contribution in [3.8, 4) is 0 Å². The monoisotopic (exact) mass is 252 g/mol. The minimum Gasteiger partial charge on any atom is -0.335 e. The standard InChI is InChI=1S/C15H28N2O/c1-11-8-9-17(13(3)10-11)15(18)16-14-7-5-4-6-12(14)2/h11-14H,4-10H2,1-3H3,(H,16,18)/t11-,12+,13+,14-/m1/s1. The van der Waals surface area contributed by atoms with E-state index in [1.807, 2.05) is 4.90 Å². The number of carbonyl (C=O) groups excluding carboxylic acids is 1. The normalized spacial score (nSPS) is 37.4. The van der Waals surface area contributed by atoms with Crippen LogP contribution < -0.4 is 5.32 Å². The maximum absolute atomic E-state index is 12.3. The van der Waals surface area contributed by atoms with E-state index in [2.05, 4.69) is 26.1 Å². The van der Waals surface area contributed by atoms with Crippen molar-refractivity contribution in [2.45, 2.75) is 71.4 Å². The summed E-state index contributed by atoms with van der Waals surface area (Å²) in [6.07, 6.45) is 7.31. The Morgan fingerprint density at radius 1 is 1.11 bits per heavy atom. The zero-order valence-electron chi connectivity index (χ0n) is 12.1. The fraction of sp³-hybridized carbons (Fsp3) is 0.933. The summed E-state index contributed by atoms with van der Waals surface area (Å²) in [6, 6.07) is 0.971. The number of urea groups is 1. The summed E-state index contributed by atoms with van der Waals surface area (Å²) in [6.45, 7) is 7.66. The van der Waals surface area contributed by atoms with E-state index in [1.54, 1.807) is 0 Å². The van der Waals surface area contributed by atoms with Crippen LogP contribution in [-0.2, 0) is 0 Å². The van der Waals surface area contributed by atoms with Gasteiger partial charge < -0.3 is 10.2 Å². The van der Waals surface area contributed by atoms with Crippen molar-refractivity contribution in [1.29, 1.82) is 0 Å². The van der Waals surface area contributed by atoms with Gasteiger partial charge in [-0.05, 0) is 44.4 Å². The van der Waals surface area contributed by atoms with Crippen LogP contribution in [0.3, 0.4) is 0 Å². The maximum atomic E-state index is 12.3. The minimum atomic E-state index is 0.174. The first-order chi connectivity index (χ1) is 8.58. The summed E-state index contributed by atoms with van der Waals surface area (Å²) >= 11 is 0. The molecule has 104 valence electrons. The summed E-state index contributed by atoms with van der Waals surface area (Å²) in [5, 5.41) is 3.27. The van der Waals surface area contributed by atoms with Gasteiger partial charge in [0.1, 0.15) is 0 Å². The van der Waals surface area contributed by atoms with Crippen molar-refractivity contribution in [2.75, 3.05) is 6.54 Å². The quantitative estimate of drug-likeness (QED) is 0.762. The molecule has 0 bridgehead atoms. The molecular weight excluding hydrogens is 224 g/mol. The van der Waals surface area contributed by atoms with Crippen molar-refractivity contribution < 1.29 is 4.79 Å².